The minimum absolute atomic E-state index is 0.811. The number of hydrogen-bond donors (Lipinski definition) is 0. The molecule has 1 aromatic heterocycles. The molecule has 0 saturated heterocycles. The molecule has 0 bridgehead atoms. The SMILES string of the molecule is Cc1nn(Cc2ccc(Br)cc2)c(C)c1Br. The first-order chi connectivity index (χ1) is 7.58. The maximum Gasteiger partial charge on any atom is 0.0738 e. The van der Waals surface area contributed by atoms with Gasteiger partial charge in [0, 0.05) is 4.47 Å². The van der Waals surface area contributed by atoms with Crippen molar-refractivity contribution in [2.45, 2.75) is 20.4 Å². The molecule has 0 unspecified atom stereocenters. The van der Waals surface area contributed by atoms with E-state index in [1.165, 1.54) is 11.3 Å². The predicted octanol–water partition coefficient (Wildman–Crippen LogP) is 4.07. The molecule has 0 amide bonds. The number of benzene rings is 1. The summed E-state index contributed by atoms with van der Waals surface area (Å²) in [5, 5.41) is 4.49. The number of halogens is 2. The maximum absolute atomic E-state index is 4.49. The molecular formula is C12H12Br2N2. The lowest BCUT2D eigenvalue weighted by molar-refractivity contribution is 0.658. The summed E-state index contributed by atoms with van der Waals surface area (Å²) in [5.41, 5.74) is 3.45. The van der Waals surface area contributed by atoms with E-state index in [9.17, 15) is 0 Å². The first-order valence-corrected chi connectivity index (χ1v) is 6.60. The lowest BCUT2D eigenvalue weighted by atomic mass is 10.2. The highest BCUT2D eigenvalue weighted by Gasteiger charge is 2.08. The molecule has 16 heavy (non-hydrogen) atoms. The predicted molar refractivity (Wildman–Crippen MR) is 72.6 cm³/mol. The van der Waals surface area contributed by atoms with Gasteiger partial charge in [-0.15, -0.1) is 0 Å². The van der Waals surface area contributed by atoms with Crippen molar-refractivity contribution in [3.63, 3.8) is 0 Å². The van der Waals surface area contributed by atoms with Crippen LogP contribution in [0.3, 0.4) is 0 Å². The van der Waals surface area contributed by atoms with E-state index in [1.807, 2.05) is 11.6 Å². The van der Waals surface area contributed by atoms with Crippen molar-refractivity contribution < 1.29 is 0 Å². The van der Waals surface area contributed by atoms with Crippen molar-refractivity contribution >= 4 is 31.9 Å². The molecule has 0 radical (unpaired) electrons. The molecule has 0 atom stereocenters. The average Bonchev–Trinajstić information content (AvgIpc) is 2.50. The summed E-state index contributed by atoms with van der Waals surface area (Å²) >= 11 is 6.97. The van der Waals surface area contributed by atoms with Gasteiger partial charge in [-0.1, -0.05) is 28.1 Å². The van der Waals surface area contributed by atoms with Gasteiger partial charge in [0.05, 0.1) is 22.4 Å². The Labute approximate surface area is 112 Å². The average molecular weight is 344 g/mol. The molecular weight excluding hydrogens is 332 g/mol. The fraction of sp³-hybridized carbons (Fsp3) is 0.250. The van der Waals surface area contributed by atoms with E-state index >= 15 is 0 Å². The summed E-state index contributed by atoms with van der Waals surface area (Å²) in [5.74, 6) is 0. The second-order valence-electron chi connectivity index (χ2n) is 3.77. The molecule has 2 nitrogen and oxygen atoms in total. The minimum atomic E-state index is 0.811. The van der Waals surface area contributed by atoms with Crippen molar-refractivity contribution in [1.82, 2.24) is 9.78 Å². The van der Waals surface area contributed by atoms with E-state index in [-0.39, 0.29) is 0 Å². The van der Waals surface area contributed by atoms with Gasteiger partial charge in [-0.3, -0.25) is 4.68 Å². The quantitative estimate of drug-likeness (QED) is 0.803. The van der Waals surface area contributed by atoms with Crippen LogP contribution in [0.1, 0.15) is 17.0 Å². The molecule has 0 N–H and O–H groups in total. The van der Waals surface area contributed by atoms with Gasteiger partial charge in [0.25, 0.3) is 0 Å². The van der Waals surface area contributed by atoms with Crippen molar-refractivity contribution in [3.05, 3.63) is 50.2 Å². The molecule has 0 aliphatic rings. The van der Waals surface area contributed by atoms with Crippen LogP contribution in [0.4, 0.5) is 0 Å². The molecule has 0 saturated carbocycles. The van der Waals surface area contributed by atoms with E-state index in [0.29, 0.717) is 0 Å². The van der Waals surface area contributed by atoms with Gasteiger partial charge >= 0.3 is 0 Å². The molecule has 0 fully saturated rings. The lowest BCUT2D eigenvalue weighted by Gasteiger charge is -2.04. The molecule has 1 aromatic carbocycles. The Bertz CT molecular complexity index is 500. The Balaban J connectivity index is 2.27. The van der Waals surface area contributed by atoms with E-state index in [4.69, 9.17) is 0 Å². The Hall–Kier alpha value is -0.610. The molecule has 2 rings (SSSR count). The first-order valence-electron chi connectivity index (χ1n) is 5.02. The van der Waals surface area contributed by atoms with Gasteiger partial charge in [-0.2, -0.15) is 5.10 Å². The molecule has 0 aliphatic carbocycles. The lowest BCUT2D eigenvalue weighted by Crippen LogP contribution is -2.03. The highest BCUT2D eigenvalue weighted by atomic mass is 79.9. The number of rotatable bonds is 2. The highest BCUT2D eigenvalue weighted by molar-refractivity contribution is 9.10. The van der Waals surface area contributed by atoms with Crippen LogP contribution in [-0.2, 0) is 6.54 Å². The summed E-state index contributed by atoms with van der Waals surface area (Å²) in [6.45, 7) is 4.89. The van der Waals surface area contributed by atoms with Gasteiger partial charge in [0.15, 0.2) is 0 Å². The number of hydrogen-bond acceptors (Lipinski definition) is 1. The van der Waals surface area contributed by atoms with Gasteiger partial charge in [-0.05, 0) is 47.5 Å². The van der Waals surface area contributed by atoms with E-state index < -0.39 is 0 Å². The normalized spacial score (nSPS) is 10.8. The second kappa shape index (κ2) is 4.72. The molecule has 0 spiro atoms. The molecule has 4 heteroatoms. The monoisotopic (exact) mass is 342 g/mol. The van der Waals surface area contributed by atoms with Gasteiger partial charge in [0.1, 0.15) is 0 Å². The van der Waals surface area contributed by atoms with Gasteiger partial charge in [-0.25, -0.2) is 0 Å². The fourth-order valence-electron chi connectivity index (χ4n) is 1.59. The van der Waals surface area contributed by atoms with Crippen LogP contribution in [0.5, 0.6) is 0 Å². The van der Waals surface area contributed by atoms with Crippen LogP contribution in [0.25, 0.3) is 0 Å². The summed E-state index contributed by atoms with van der Waals surface area (Å²) in [4.78, 5) is 0. The topological polar surface area (TPSA) is 17.8 Å². The third-order valence-electron chi connectivity index (χ3n) is 2.54. The Kier molecular flexibility index (Phi) is 3.50. The van der Waals surface area contributed by atoms with Crippen LogP contribution >= 0.6 is 31.9 Å². The third-order valence-corrected chi connectivity index (χ3v) is 4.22. The van der Waals surface area contributed by atoms with Crippen molar-refractivity contribution in [2.24, 2.45) is 0 Å². The number of nitrogens with zero attached hydrogens (tertiary/aromatic N) is 2. The molecule has 84 valence electrons. The number of aromatic nitrogens is 2. The summed E-state index contributed by atoms with van der Waals surface area (Å²) < 4.78 is 4.22. The van der Waals surface area contributed by atoms with Crippen molar-refractivity contribution in [2.75, 3.05) is 0 Å². The van der Waals surface area contributed by atoms with Crippen LogP contribution in [0, 0.1) is 13.8 Å². The zero-order valence-electron chi connectivity index (χ0n) is 9.17. The fourth-order valence-corrected chi connectivity index (χ4v) is 2.14. The number of aryl methyl sites for hydroxylation is 1. The van der Waals surface area contributed by atoms with E-state index in [1.54, 1.807) is 0 Å². The molecule has 0 aliphatic heterocycles. The highest BCUT2D eigenvalue weighted by Crippen LogP contribution is 2.21. The smallest absolute Gasteiger partial charge is 0.0738 e. The van der Waals surface area contributed by atoms with Crippen molar-refractivity contribution in [1.29, 1.82) is 0 Å². The van der Waals surface area contributed by atoms with Crippen LogP contribution in [-0.4, -0.2) is 9.78 Å². The van der Waals surface area contributed by atoms with Crippen LogP contribution < -0.4 is 0 Å². The summed E-state index contributed by atoms with van der Waals surface area (Å²) in [6, 6.07) is 8.31. The largest absolute Gasteiger partial charge is 0.264 e. The zero-order valence-corrected chi connectivity index (χ0v) is 12.3. The van der Waals surface area contributed by atoms with Crippen LogP contribution in [0.15, 0.2) is 33.2 Å². The van der Waals surface area contributed by atoms with Gasteiger partial charge in [0.2, 0.25) is 0 Å². The van der Waals surface area contributed by atoms with Gasteiger partial charge < -0.3 is 0 Å². The minimum Gasteiger partial charge on any atom is -0.264 e. The zero-order chi connectivity index (χ0) is 11.7. The van der Waals surface area contributed by atoms with Crippen LogP contribution in [0.2, 0.25) is 0 Å². The third kappa shape index (κ3) is 2.38. The molecule has 2 aromatic rings. The Morgan fingerprint density at radius 3 is 2.25 bits per heavy atom. The summed E-state index contributed by atoms with van der Waals surface area (Å²) in [7, 11) is 0. The second-order valence-corrected chi connectivity index (χ2v) is 5.48. The Morgan fingerprint density at radius 2 is 1.75 bits per heavy atom. The maximum atomic E-state index is 4.49. The van der Waals surface area contributed by atoms with Crippen molar-refractivity contribution in [3.8, 4) is 0 Å². The van der Waals surface area contributed by atoms with E-state index in [0.717, 1.165) is 21.2 Å². The van der Waals surface area contributed by atoms with E-state index in [2.05, 4.69) is 68.1 Å². The standard InChI is InChI=1S/C12H12Br2N2/c1-8-12(14)9(2)16(15-8)7-10-3-5-11(13)6-4-10/h3-6H,7H2,1-2H3. The molecule has 1 heterocycles. The summed E-state index contributed by atoms with van der Waals surface area (Å²) in [6.07, 6.45) is 0. The first kappa shape index (κ1) is 11.9. The Morgan fingerprint density at radius 1 is 1.12 bits per heavy atom.